The van der Waals surface area contributed by atoms with Crippen molar-refractivity contribution in [2.45, 2.75) is 206 Å². The van der Waals surface area contributed by atoms with Crippen LogP contribution in [-0.4, -0.2) is 223 Å². The number of hydrogen-bond donors (Lipinski definition) is 10. The number of hydrogen-bond acceptors (Lipinski definition) is 34. The largest absolute Gasteiger partial charge is 0.462 e. The SMILES string of the molecule is CNc1nc(C)nc2c1ncn2[C@@H]1O[C@H](COP(=O)(NC(C)C(=O)OC(C)C)Oc2ccccc2)[C@@H](O)[C@@]1(C)F.CNc1nc(C)nc2c1ncn2[C@@H]1O[C@H](CO[P@@](=O)(NC(C)C(=O)OC(C)C)Oc2ccccc2)[C@@H](O)[C@@]1(C)F.CNc1nc(N)nc2c1ncn2[C@@H]1O[C@H](CO[P@](=O)(NC(C)C(=O)OC(C)C)Oc2ccccc2)[C@@H](O)[C@@]1(C)F. The second-order valence-corrected chi connectivity index (χ2v) is 34.4. The second kappa shape index (κ2) is 38.6. The molecule has 4 unspecified atom stereocenters. The molecule has 0 radical (unpaired) electrons. The molecule has 3 aromatic carbocycles. The van der Waals surface area contributed by atoms with Gasteiger partial charge >= 0.3 is 41.1 Å². The van der Waals surface area contributed by atoms with Crippen LogP contribution >= 0.6 is 23.2 Å². The van der Waals surface area contributed by atoms with E-state index in [1.807, 2.05) is 0 Å². The molecule has 120 heavy (non-hydrogen) atoms. The molecule has 0 amide bonds. The number of nitrogens with one attached hydrogen (secondary N) is 6. The molecule has 6 aromatic heterocycles. The highest BCUT2D eigenvalue weighted by molar-refractivity contribution is 7.52. The Balaban J connectivity index is 0.000000189. The summed E-state index contributed by atoms with van der Waals surface area (Å²) in [6.07, 6.45) is -10.2. The molecular formula is C74H101F3N19O21P3. The number of aliphatic hydroxyl groups is 3. The lowest BCUT2D eigenvalue weighted by Gasteiger charge is -2.25. The lowest BCUT2D eigenvalue weighted by atomic mass is 9.98. The van der Waals surface area contributed by atoms with Crippen LogP contribution < -0.4 is 50.5 Å². The van der Waals surface area contributed by atoms with Crippen molar-refractivity contribution in [3.63, 3.8) is 0 Å². The fraction of sp³-hybridized carbons (Fsp3) is 0.514. The van der Waals surface area contributed by atoms with Gasteiger partial charge in [0.2, 0.25) is 5.95 Å². The summed E-state index contributed by atoms with van der Waals surface area (Å²) in [5, 5.41) is 49.0. The maximum absolute atomic E-state index is 16.0. The summed E-state index contributed by atoms with van der Waals surface area (Å²) in [7, 11) is -7.83. The molecule has 3 aliphatic rings. The van der Waals surface area contributed by atoms with E-state index in [0.717, 1.165) is 6.92 Å². The van der Waals surface area contributed by atoms with Crippen molar-refractivity contribution >= 4 is 98.0 Å². The Hall–Kier alpha value is -9.68. The van der Waals surface area contributed by atoms with Crippen LogP contribution in [0.4, 0.5) is 36.6 Å². The van der Waals surface area contributed by atoms with Crippen molar-refractivity contribution in [3.8, 4) is 17.2 Å². The minimum Gasteiger partial charge on any atom is -0.462 e. The summed E-state index contributed by atoms with van der Waals surface area (Å²) >= 11 is 0. The number of fused-ring (bicyclic) bond motifs is 3. The first-order valence-electron chi connectivity index (χ1n) is 38.0. The van der Waals surface area contributed by atoms with E-state index in [-0.39, 0.29) is 28.8 Å². The molecule has 11 N–H and O–H groups in total. The molecule has 0 spiro atoms. The van der Waals surface area contributed by atoms with E-state index in [0.29, 0.717) is 56.9 Å². The van der Waals surface area contributed by atoms with Gasteiger partial charge < -0.3 is 79.0 Å². The van der Waals surface area contributed by atoms with Crippen molar-refractivity contribution in [3.05, 3.63) is 122 Å². The van der Waals surface area contributed by atoms with Gasteiger partial charge in [-0.25, -0.2) is 61.8 Å². The Labute approximate surface area is 688 Å². The van der Waals surface area contributed by atoms with Crippen LogP contribution in [0.15, 0.2) is 110 Å². The van der Waals surface area contributed by atoms with E-state index in [4.69, 9.17) is 61.3 Å². The number of carbonyl (C=O) groups excluding carboxylic acids is 3. The minimum absolute atomic E-state index is 0.0761. The maximum atomic E-state index is 16.0. The third kappa shape index (κ3) is 21.8. The van der Waals surface area contributed by atoms with Crippen LogP contribution in [0, 0.1) is 13.8 Å². The number of anilines is 4. The Kier molecular flexibility index (Phi) is 29.8. The third-order valence-corrected chi connectivity index (χ3v) is 23.4. The van der Waals surface area contributed by atoms with Gasteiger partial charge in [-0.2, -0.15) is 25.2 Å². The average Bonchev–Trinajstić information content (AvgIpc) is 1.60. The van der Waals surface area contributed by atoms with Gasteiger partial charge in [0.05, 0.1) is 57.1 Å². The molecule has 9 aromatic rings. The first-order valence-corrected chi connectivity index (χ1v) is 42.6. The van der Waals surface area contributed by atoms with Crippen molar-refractivity contribution in [1.82, 2.24) is 73.8 Å². The van der Waals surface area contributed by atoms with E-state index in [1.165, 1.54) is 67.3 Å². The lowest BCUT2D eigenvalue weighted by molar-refractivity contribution is -0.150. The quantitative estimate of drug-likeness (QED) is 0.0104. The van der Waals surface area contributed by atoms with E-state index in [2.05, 4.69) is 76.1 Å². The van der Waals surface area contributed by atoms with Crippen LogP contribution in [0.25, 0.3) is 33.5 Å². The Morgan fingerprint density at radius 1 is 0.450 bits per heavy atom. The van der Waals surface area contributed by atoms with Crippen molar-refractivity contribution in [2.75, 3.05) is 62.6 Å². The molecule has 40 nitrogen and oxygen atoms in total. The first kappa shape index (κ1) is 92.6. The number of ether oxygens (including phenoxy) is 6. The zero-order valence-electron chi connectivity index (χ0n) is 68.8. The number of benzene rings is 3. The average molecular weight is 1740 g/mol. The summed E-state index contributed by atoms with van der Waals surface area (Å²) in [5.74, 6) is 0.566. The molecule has 0 bridgehead atoms. The molecule has 9 heterocycles. The fourth-order valence-electron chi connectivity index (χ4n) is 12.6. The topological polar surface area (TPSA) is 503 Å². The number of alkyl halides is 3. The van der Waals surface area contributed by atoms with Crippen LogP contribution in [0.5, 0.6) is 17.2 Å². The van der Waals surface area contributed by atoms with Crippen molar-refractivity contribution in [2.24, 2.45) is 0 Å². The molecule has 46 heteroatoms. The zero-order chi connectivity index (χ0) is 87.7. The highest BCUT2D eigenvalue weighted by Gasteiger charge is 2.59. The lowest BCUT2D eigenvalue weighted by Crippen LogP contribution is -2.41. The number of nitrogens with zero attached hydrogens (tertiary/aromatic N) is 12. The number of para-hydroxylation sites is 3. The Morgan fingerprint density at radius 3 is 0.967 bits per heavy atom. The number of aromatic nitrogens is 12. The Morgan fingerprint density at radius 2 is 0.708 bits per heavy atom. The number of halogens is 3. The molecule has 18 atom stereocenters. The predicted octanol–water partition coefficient (Wildman–Crippen LogP) is 9.16. The molecular weight excluding hydrogens is 1640 g/mol. The van der Waals surface area contributed by atoms with Crippen molar-refractivity contribution < 1.29 is 112 Å². The summed E-state index contributed by atoms with van der Waals surface area (Å²) in [6, 6.07) is 21.3. The van der Waals surface area contributed by atoms with Gasteiger partial charge in [-0.3, -0.25) is 41.7 Å². The van der Waals surface area contributed by atoms with Crippen LogP contribution in [0.3, 0.4) is 0 Å². The third-order valence-electron chi connectivity index (χ3n) is 18.4. The highest BCUT2D eigenvalue weighted by Crippen LogP contribution is 2.52. The zero-order valence-corrected chi connectivity index (χ0v) is 71.5. The minimum atomic E-state index is -4.28. The monoisotopic (exact) mass is 1740 g/mol. The van der Waals surface area contributed by atoms with Crippen LogP contribution in [-0.2, 0) is 70.1 Å². The summed E-state index contributed by atoms with van der Waals surface area (Å²) < 4.78 is 160. The summed E-state index contributed by atoms with van der Waals surface area (Å²) in [5.41, 5.74) is 0.717. The van der Waals surface area contributed by atoms with Crippen LogP contribution in [0.1, 0.15) is 113 Å². The van der Waals surface area contributed by atoms with Crippen molar-refractivity contribution in [1.29, 1.82) is 0 Å². The maximum Gasteiger partial charge on any atom is 0.459 e. The van der Waals surface area contributed by atoms with Gasteiger partial charge in [0, 0.05) is 21.1 Å². The van der Waals surface area contributed by atoms with Crippen LogP contribution in [0.2, 0.25) is 0 Å². The standard InChI is InChI=1S/2C25H34FN6O7P.C24H33FN7O7P/c2*1-14(2)37-23(34)15(3)31-40(35,39-17-10-8-7-9-11-17)36-12-18-20(33)25(5,26)24(38-18)32-13-28-19-21(27-6)29-16(4)30-22(19)32;1-13(2)37-21(34)14(3)31-40(35,39-15-9-7-6-8-10-15)36-11-16-18(33)24(4,25)22(38-16)32-12-28-17-19(27-5)29-23(26)30-20(17)32/h2*7-11,13-15,18,20,24,33H,12H2,1-6H3,(H,31,35)(H,27,29,30);6-10,12-14,16,18,22,33H,11H2,1-5H3,(H,31,35)(H3,26,27,29,30)/t15?,18-,20-,24-,25-,40?;15?,18-,20-,24-,25-,40+;14?,16-,18-,22-,24-,40-/m111/s1. The number of nitrogen functional groups attached to an aromatic ring is 1. The van der Waals surface area contributed by atoms with E-state index in [9.17, 15) is 43.4 Å². The summed E-state index contributed by atoms with van der Waals surface area (Å²) in [6.45, 7) is 19.6. The van der Waals surface area contributed by atoms with Gasteiger partial charge in [-0.05, 0) is 133 Å². The second-order valence-electron chi connectivity index (χ2n) is 29.4. The molecule has 654 valence electrons. The van der Waals surface area contributed by atoms with Gasteiger partial charge in [0.25, 0.3) is 0 Å². The van der Waals surface area contributed by atoms with E-state index >= 15 is 13.2 Å². The summed E-state index contributed by atoms with van der Waals surface area (Å²) in [4.78, 5) is 75.5. The molecule has 3 saturated heterocycles. The fourth-order valence-corrected chi connectivity index (χ4v) is 17.1. The molecule has 12 rings (SSSR count). The van der Waals surface area contributed by atoms with E-state index < -0.39 is 170 Å². The number of rotatable bonds is 33. The van der Waals surface area contributed by atoms with Gasteiger partial charge in [0.1, 0.15) is 83.6 Å². The number of nitrogens with two attached hydrogens (primary N) is 1. The van der Waals surface area contributed by atoms with Gasteiger partial charge in [-0.15, -0.1) is 0 Å². The highest BCUT2D eigenvalue weighted by atomic mass is 31.2. The normalized spacial score (nSPS) is 25.1. The van der Waals surface area contributed by atoms with E-state index in [1.54, 1.807) is 168 Å². The number of imidazole rings is 3. The molecule has 0 saturated carbocycles. The number of carbonyl (C=O) groups is 3. The number of aliphatic hydroxyl groups excluding tert-OH is 3. The van der Waals surface area contributed by atoms with Gasteiger partial charge in [0.15, 0.2) is 86.6 Å². The molecule has 3 aliphatic heterocycles. The molecule has 3 fully saturated rings. The number of aryl methyl sites for hydroxylation is 2. The smallest absolute Gasteiger partial charge is 0.459 e. The Bertz CT molecular complexity index is 4670. The first-order chi connectivity index (χ1) is 56.5. The number of esters is 3. The predicted molar refractivity (Wildman–Crippen MR) is 430 cm³/mol. The van der Waals surface area contributed by atoms with Gasteiger partial charge in [-0.1, -0.05) is 54.6 Å². The molecule has 0 aliphatic carbocycles.